The minimum Gasteiger partial charge on any atom is -0.460 e. The van der Waals surface area contributed by atoms with Gasteiger partial charge in [-0.15, -0.1) is 5.10 Å². The predicted molar refractivity (Wildman–Crippen MR) is 110 cm³/mol. The summed E-state index contributed by atoms with van der Waals surface area (Å²) < 4.78 is 13.1. The Morgan fingerprint density at radius 3 is 2.55 bits per heavy atom. The van der Waals surface area contributed by atoms with Crippen molar-refractivity contribution in [1.82, 2.24) is 24.6 Å². The number of esters is 1. The van der Waals surface area contributed by atoms with E-state index in [1.54, 1.807) is 24.3 Å². The molecule has 0 unspecified atom stereocenters. The largest absolute Gasteiger partial charge is 0.460 e. The minimum absolute atomic E-state index is 0.113. The zero-order valence-corrected chi connectivity index (χ0v) is 17.5. The first kappa shape index (κ1) is 20.6. The Kier molecular flexibility index (Phi) is 5.03. The van der Waals surface area contributed by atoms with Crippen LogP contribution in [0.1, 0.15) is 45.5 Å². The van der Waals surface area contributed by atoms with E-state index in [2.05, 4.69) is 15.5 Å². The number of benzene rings is 1. The number of nitrogen functional groups attached to an aromatic ring is 1. The van der Waals surface area contributed by atoms with Gasteiger partial charge in [-0.1, -0.05) is 38.0 Å². The summed E-state index contributed by atoms with van der Waals surface area (Å²) in [6.45, 7) is 5.84. The number of nitrogens with zero attached hydrogens (tertiary/aromatic N) is 4. The van der Waals surface area contributed by atoms with E-state index in [0.29, 0.717) is 23.9 Å². The van der Waals surface area contributed by atoms with Crippen molar-refractivity contribution in [2.45, 2.75) is 52.3 Å². The van der Waals surface area contributed by atoms with Crippen LogP contribution in [0.5, 0.6) is 0 Å². The van der Waals surface area contributed by atoms with Crippen LogP contribution in [0.2, 0.25) is 0 Å². The van der Waals surface area contributed by atoms with Crippen molar-refractivity contribution in [3.63, 3.8) is 0 Å². The molecule has 0 aliphatic carbocycles. The molecule has 1 amide bonds. The molecule has 0 radical (unpaired) electrons. The van der Waals surface area contributed by atoms with Crippen LogP contribution in [-0.4, -0.2) is 37.4 Å². The van der Waals surface area contributed by atoms with Crippen LogP contribution < -0.4 is 16.7 Å². The number of anilines is 1. The highest BCUT2D eigenvalue weighted by Crippen LogP contribution is 2.32. The molecular formula is C20H24N6O5. The molecule has 0 bridgehead atoms. The fourth-order valence-corrected chi connectivity index (χ4v) is 3.70. The van der Waals surface area contributed by atoms with Crippen molar-refractivity contribution in [1.29, 1.82) is 0 Å². The highest BCUT2D eigenvalue weighted by Gasteiger charge is 2.34. The second-order valence-electron chi connectivity index (χ2n) is 8.59. The molecular weight excluding hydrogens is 404 g/mol. The SMILES string of the molecule is CC(C)(C)[C@H](NC(=O)n1c(=O)n(C[C@H]2CCC(=O)O2)c2ccccc21)c1nnc(N)o1. The van der Waals surface area contributed by atoms with Gasteiger partial charge in [0.2, 0.25) is 5.89 Å². The number of ether oxygens (including phenoxy) is 1. The predicted octanol–water partition coefficient (Wildman–Crippen LogP) is 1.82. The van der Waals surface area contributed by atoms with E-state index in [1.165, 1.54) is 4.57 Å². The third-order valence-corrected chi connectivity index (χ3v) is 5.23. The molecule has 2 atom stereocenters. The van der Waals surface area contributed by atoms with Crippen molar-refractivity contribution in [3.8, 4) is 0 Å². The maximum absolute atomic E-state index is 13.3. The number of rotatable bonds is 4. The summed E-state index contributed by atoms with van der Waals surface area (Å²) in [4.78, 5) is 37.9. The van der Waals surface area contributed by atoms with Crippen LogP contribution in [0.15, 0.2) is 33.5 Å². The molecule has 1 aromatic carbocycles. The van der Waals surface area contributed by atoms with Gasteiger partial charge in [-0.2, -0.15) is 0 Å². The van der Waals surface area contributed by atoms with Crippen molar-refractivity contribution < 1.29 is 18.7 Å². The summed E-state index contributed by atoms with van der Waals surface area (Å²) in [5, 5.41) is 10.4. The van der Waals surface area contributed by atoms with Gasteiger partial charge in [-0.05, 0) is 24.0 Å². The molecule has 11 nitrogen and oxygen atoms in total. The molecule has 1 saturated heterocycles. The van der Waals surface area contributed by atoms with Gasteiger partial charge in [-0.25, -0.2) is 14.2 Å². The molecule has 4 rings (SSSR count). The summed E-state index contributed by atoms with van der Waals surface area (Å²) >= 11 is 0. The highest BCUT2D eigenvalue weighted by atomic mass is 16.5. The highest BCUT2D eigenvalue weighted by molar-refractivity contribution is 5.89. The zero-order chi connectivity index (χ0) is 22.3. The molecule has 2 aromatic heterocycles. The quantitative estimate of drug-likeness (QED) is 0.598. The van der Waals surface area contributed by atoms with E-state index >= 15 is 0 Å². The van der Waals surface area contributed by atoms with Gasteiger partial charge in [0, 0.05) is 6.42 Å². The first-order valence-electron chi connectivity index (χ1n) is 9.94. The molecule has 1 fully saturated rings. The number of hydrogen-bond acceptors (Lipinski definition) is 8. The number of nitrogens with two attached hydrogens (primary N) is 1. The molecule has 31 heavy (non-hydrogen) atoms. The van der Waals surface area contributed by atoms with Gasteiger partial charge in [0.1, 0.15) is 12.1 Å². The van der Waals surface area contributed by atoms with Gasteiger partial charge in [0.05, 0.1) is 17.6 Å². The minimum atomic E-state index is -0.686. The van der Waals surface area contributed by atoms with E-state index < -0.39 is 29.3 Å². The Labute approximate surface area is 177 Å². The summed E-state index contributed by atoms with van der Waals surface area (Å²) in [7, 11) is 0. The summed E-state index contributed by atoms with van der Waals surface area (Å²) in [5.41, 5.74) is 5.52. The Morgan fingerprint density at radius 2 is 1.97 bits per heavy atom. The molecule has 3 heterocycles. The van der Waals surface area contributed by atoms with Crippen LogP contribution in [-0.2, 0) is 16.1 Å². The van der Waals surface area contributed by atoms with Crippen molar-refractivity contribution in [2.24, 2.45) is 5.41 Å². The van der Waals surface area contributed by atoms with Gasteiger partial charge < -0.3 is 20.2 Å². The summed E-state index contributed by atoms with van der Waals surface area (Å²) in [6.07, 6.45) is 0.442. The molecule has 1 aliphatic rings. The van der Waals surface area contributed by atoms with Gasteiger partial charge in [0.25, 0.3) is 0 Å². The number of nitrogens with one attached hydrogen (secondary N) is 1. The van der Waals surface area contributed by atoms with Crippen LogP contribution in [0.3, 0.4) is 0 Å². The van der Waals surface area contributed by atoms with E-state index in [-0.39, 0.29) is 24.4 Å². The fraction of sp³-hybridized carbons (Fsp3) is 0.450. The second-order valence-corrected chi connectivity index (χ2v) is 8.59. The van der Waals surface area contributed by atoms with Gasteiger partial charge >= 0.3 is 23.7 Å². The average molecular weight is 428 g/mol. The van der Waals surface area contributed by atoms with E-state index in [9.17, 15) is 14.4 Å². The molecule has 0 spiro atoms. The lowest BCUT2D eigenvalue weighted by Crippen LogP contribution is -2.43. The molecule has 1 aliphatic heterocycles. The first-order chi connectivity index (χ1) is 14.6. The number of para-hydroxylation sites is 2. The van der Waals surface area contributed by atoms with Crippen LogP contribution in [0.4, 0.5) is 10.8 Å². The van der Waals surface area contributed by atoms with E-state index in [4.69, 9.17) is 14.9 Å². The summed E-state index contributed by atoms with van der Waals surface area (Å²) in [6, 6.07) is 5.51. The first-order valence-corrected chi connectivity index (χ1v) is 9.94. The standard InChI is InChI=1S/C20H24N6O5/c1-20(2,3)15(16-23-24-17(21)31-16)22-18(28)26-13-7-5-4-6-12(13)25(19(26)29)10-11-8-9-14(27)30-11/h4-7,11,15H,8-10H2,1-3H3,(H2,21,24)(H,22,28)/t11-,15-/m1/s1. The Hall–Kier alpha value is -3.63. The number of carbonyl (C=O) groups excluding carboxylic acids is 2. The van der Waals surface area contributed by atoms with Crippen LogP contribution in [0.25, 0.3) is 11.0 Å². The number of aromatic nitrogens is 4. The van der Waals surface area contributed by atoms with Crippen LogP contribution in [0, 0.1) is 5.41 Å². The maximum atomic E-state index is 13.3. The third-order valence-electron chi connectivity index (χ3n) is 5.23. The molecule has 11 heteroatoms. The van der Waals surface area contributed by atoms with Crippen molar-refractivity contribution in [2.75, 3.05) is 5.73 Å². The lowest BCUT2D eigenvalue weighted by Gasteiger charge is -2.28. The number of fused-ring (bicyclic) bond motifs is 1. The molecule has 3 aromatic rings. The average Bonchev–Trinajstić information content (AvgIpc) is 3.38. The van der Waals surface area contributed by atoms with Crippen molar-refractivity contribution >= 4 is 29.0 Å². The second kappa shape index (κ2) is 7.56. The van der Waals surface area contributed by atoms with Gasteiger partial charge in [0.15, 0.2) is 0 Å². The lowest BCUT2D eigenvalue weighted by molar-refractivity contribution is -0.141. The number of imidazole rings is 1. The monoisotopic (exact) mass is 428 g/mol. The molecule has 164 valence electrons. The number of cyclic esters (lactones) is 1. The Morgan fingerprint density at radius 1 is 1.26 bits per heavy atom. The van der Waals surface area contributed by atoms with Crippen molar-refractivity contribution in [3.05, 3.63) is 40.6 Å². The Bertz CT molecular complexity index is 1200. The fourth-order valence-electron chi connectivity index (χ4n) is 3.70. The topological polar surface area (TPSA) is 147 Å². The lowest BCUT2D eigenvalue weighted by atomic mass is 9.86. The number of amides is 1. The van der Waals surface area contributed by atoms with E-state index in [0.717, 1.165) is 4.57 Å². The number of carbonyl (C=O) groups is 2. The molecule has 3 N–H and O–H groups in total. The normalized spacial score (nSPS) is 17.6. The smallest absolute Gasteiger partial charge is 0.337 e. The maximum Gasteiger partial charge on any atom is 0.337 e. The zero-order valence-electron chi connectivity index (χ0n) is 17.5. The number of hydrogen-bond donors (Lipinski definition) is 2. The summed E-state index contributed by atoms with van der Waals surface area (Å²) in [5.74, 6) is -0.139. The van der Waals surface area contributed by atoms with E-state index in [1.807, 2.05) is 20.8 Å². The third kappa shape index (κ3) is 3.90. The van der Waals surface area contributed by atoms with Crippen LogP contribution >= 0.6 is 0 Å². The van der Waals surface area contributed by atoms with Gasteiger partial charge in [-0.3, -0.25) is 9.36 Å². The Balaban J connectivity index is 1.71. The molecule has 0 saturated carbocycles.